The minimum Gasteiger partial charge on any atom is -0.497 e. The summed E-state index contributed by atoms with van der Waals surface area (Å²) in [5.41, 5.74) is 1.89. The van der Waals surface area contributed by atoms with Gasteiger partial charge in [0, 0.05) is 11.3 Å². The van der Waals surface area contributed by atoms with Gasteiger partial charge in [-0.15, -0.1) is 0 Å². The number of nitrogens with one attached hydrogen (secondary N) is 3. The van der Waals surface area contributed by atoms with Gasteiger partial charge < -0.3 is 25.1 Å². The molecule has 0 aliphatic heterocycles. The normalized spacial score (nSPS) is 10.2. The average molecular weight is 423 g/mol. The molecule has 3 N–H and O–H groups in total. The van der Waals surface area contributed by atoms with Gasteiger partial charge >= 0.3 is 0 Å². The maximum Gasteiger partial charge on any atom is 0.251 e. The molecule has 2 amide bonds. The van der Waals surface area contributed by atoms with Crippen molar-refractivity contribution in [3.63, 3.8) is 0 Å². The molecule has 30 heavy (non-hydrogen) atoms. The van der Waals surface area contributed by atoms with Gasteiger partial charge in [0.2, 0.25) is 5.91 Å². The van der Waals surface area contributed by atoms with E-state index < -0.39 is 0 Å². The van der Waals surface area contributed by atoms with Crippen molar-refractivity contribution in [2.75, 3.05) is 12.4 Å². The first-order valence-electron chi connectivity index (χ1n) is 9.18. The van der Waals surface area contributed by atoms with Crippen molar-refractivity contribution in [1.29, 1.82) is 0 Å². The summed E-state index contributed by atoms with van der Waals surface area (Å²) in [5.74, 6) is 0.900. The van der Waals surface area contributed by atoms with Crippen LogP contribution in [0.4, 0.5) is 5.69 Å². The number of thiocarbonyl (C=S) groups is 1. The Morgan fingerprint density at radius 1 is 1.07 bits per heavy atom. The Hall–Kier alpha value is -3.65. The Kier molecular flexibility index (Phi) is 7.18. The Morgan fingerprint density at radius 2 is 1.87 bits per heavy atom. The van der Waals surface area contributed by atoms with Crippen molar-refractivity contribution in [3.05, 3.63) is 83.8 Å². The van der Waals surface area contributed by atoms with Crippen LogP contribution >= 0.6 is 12.2 Å². The highest BCUT2D eigenvalue weighted by Crippen LogP contribution is 2.13. The van der Waals surface area contributed by atoms with Crippen molar-refractivity contribution in [1.82, 2.24) is 10.6 Å². The van der Waals surface area contributed by atoms with Crippen LogP contribution in [-0.2, 0) is 17.8 Å². The summed E-state index contributed by atoms with van der Waals surface area (Å²) in [4.78, 5) is 24.5. The number of furan rings is 1. The summed E-state index contributed by atoms with van der Waals surface area (Å²) >= 11 is 5.21. The Balaban J connectivity index is 1.51. The van der Waals surface area contributed by atoms with Gasteiger partial charge in [-0.2, -0.15) is 0 Å². The zero-order valence-corrected chi connectivity index (χ0v) is 17.1. The minimum atomic E-state index is -0.246. The zero-order valence-electron chi connectivity index (χ0n) is 16.3. The fourth-order valence-electron chi connectivity index (χ4n) is 2.68. The third kappa shape index (κ3) is 6.18. The van der Waals surface area contributed by atoms with Gasteiger partial charge in [0.15, 0.2) is 5.11 Å². The van der Waals surface area contributed by atoms with E-state index in [9.17, 15) is 9.59 Å². The quantitative estimate of drug-likeness (QED) is 0.505. The third-order valence-electron chi connectivity index (χ3n) is 4.16. The number of hydrogen-bond donors (Lipinski definition) is 3. The van der Waals surface area contributed by atoms with Gasteiger partial charge in [-0.25, -0.2) is 0 Å². The first kappa shape index (κ1) is 21.1. The van der Waals surface area contributed by atoms with E-state index in [-0.39, 0.29) is 23.3 Å². The highest BCUT2D eigenvalue weighted by Gasteiger charge is 2.10. The van der Waals surface area contributed by atoms with Gasteiger partial charge in [0.1, 0.15) is 11.5 Å². The minimum absolute atomic E-state index is 0.154. The van der Waals surface area contributed by atoms with E-state index >= 15 is 0 Å². The van der Waals surface area contributed by atoms with Crippen LogP contribution in [0, 0.1) is 0 Å². The van der Waals surface area contributed by atoms with Crippen molar-refractivity contribution < 1.29 is 18.7 Å². The Morgan fingerprint density at radius 3 is 2.57 bits per heavy atom. The summed E-state index contributed by atoms with van der Waals surface area (Å²) in [5, 5.41) is 8.49. The number of ether oxygens (including phenoxy) is 1. The second-order valence-corrected chi connectivity index (χ2v) is 6.78. The molecule has 0 aliphatic rings. The zero-order chi connectivity index (χ0) is 21.3. The van der Waals surface area contributed by atoms with Crippen molar-refractivity contribution in [2.45, 2.75) is 13.0 Å². The molecular formula is C22H21N3O4S. The molecule has 0 fully saturated rings. The van der Waals surface area contributed by atoms with E-state index in [0.717, 1.165) is 11.3 Å². The van der Waals surface area contributed by atoms with Crippen LogP contribution in [0.3, 0.4) is 0 Å². The highest BCUT2D eigenvalue weighted by atomic mass is 32.1. The summed E-state index contributed by atoms with van der Waals surface area (Å²) in [6, 6.07) is 17.6. The molecule has 1 heterocycles. The van der Waals surface area contributed by atoms with Crippen LogP contribution < -0.4 is 20.7 Å². The topological polar surface area (TPSA) is 92.6 Å². The number of methoxy groups -OCH3 is 1. The molecule has 154 valence electrons. The number of carbonyl (C=O) groups excluding carboxylic acids is 2. The van der Waals surface area contributed by atoms with E-state index in [2.05, 4.69) is 16.0 Å². The summed E-state index contributed by atoms with van der Waals surface area (Å²) < 4.78 is 10.3. The van der Waals surface area contributed by atoms with Gasteiger partial charge in [-0.3, -0.25) is 9.59 Å². The van der Waals surface area contributed by atoms with Gasteiger partial charge in [-0.05, 0) is 60.2 Å². The number of benzene rings is 2. The largest absolute Gasteiger partial charge is 0.497 e. The summed E-state index contributed by atoms with van der Waals surface area (Å²) in [6.45, 7) is 0.295. The van der Waals surface area contributed by atoms with Crippen LogP contribution in [-0.4, -0.2) is 24.0 Å². The van der Waals surface area contributed by atoms with Gasteiger partial charge in [0.05, 0.1) is 26.3 Å². The first-order valence-corrected chi connectivity index (χ1v) is 9.59. The third-order valence-corrected chi connectivity index (χ3v) is 4.37. The van der Waals surface area contributed by atoms with E-state index in [0.29, 0.717) is 23.6 Å². The maximum absolute atomic E-state index is 12.3. The van der Waals surface area contributed by atoms with Crippen LogP contribution in [0.2, 0.25) is 0 Å². The smallest absolute Gasteiger partial charge is 0.251 e. The molecule has 0 radical (unpaired) electrons. The lowest BCUT2D eigenvalue weighted by atomic mass is 10.1. The molecule has 0 atom stereocenters. The average Bonchev–Trinajstić information content (AvgIpc) is 3.26. The lowest BCUT2D eigenvalue weighted by Gasteiger charge is -2.11. The number of hydrogen-bond acceptors (Lipinski definition) is 5. The Labute approximate surface area is 179 Å². The van der Waals surface area contributed by atoms with E-state index in [1.807, 2.05) is 12.1 Å². The van der Waals surface area contributed by atoms with E-state index in [4.69, 9.17) is 21.4 Å². The molecule has 0 aliphatic carbocycles. The molecule has 7 nitrogen and oxygen atoms in total. The van der Waals surface area contributed by atoms with Crippen molar-refractivity contribution in [3.8, 4) is 5.75 Å². The Bertz CT molecular complexity index is 1020. The molecule has 3 aromatic rings. The lowest BCUT2D eigenvalue weighted by molar-refractivity contribution is -0.119. The van der Waals surface area contributed by atoms with Gasteiger partial charge in [-0.1, -0.05) is 18.2 Å². The van der Waals surface area contributed by atoms with Gasteiger partial charge in [0.25, 0.3) is 5.91 Å². The molecule has 0 unspecified atom stereocenters. The SMILES string of the molecule is COc1ccc(CC(=O)NC(=S)Nc2cccc(C(=O)NCc3ccco3)c2)cc1. The highest BCUT2D eigenvalue weighted by molar-refractivity contribution is 7.80. The standard InChI is InChI=1S/C22H21N3O4S/c1-28-18-9-7-15(8-10-18)12-20(26)25-22(30)24-17-5-2-4-16(13-17)21(27)23-14-19-6-3-11-29-19/h2-11,13H,12,14H2,1H3,(H,23,27)(H2,24,25,26,30). The van der Waals surface area contributed by atoms with E-state index in [1.165, 1.54) is 0 Å². The monoisotopic (exact) mass is 423 g/mol. The predicted octanol–water partition coefficient (Wildman–Crippen LogP) is 3.27. The number of rotatable bonds is 7. The molecular weight excluding hydrogens is 402 g/mol. The summed E-state index contributed by atoms with van der Waals surface area (Å²) in [7, 11) is 1.59. The molecule has 0 spiro atoms. The van der Waals surface area contributed by atoms with Crippen LogP contribution in [0.15, 0.2) is 71.3 Å². The number of carbonyl (C=O) groups is 2. The molecule has 8 heteroatoms. The van der Waals surface area contributed by atoms with Crippen LogP contribution in [0.5, 0.6) is 5.75 Å². The first-order chi connectivity index (χ1) is 14.5. The maximum atomic E-state index is 12.3. The predicted molar refractivity (Wildman–Crippen MR) is 117 cm³/mol. The van der Waals surface area contributed by atoms with Crippen LogP contribution in [0.1, 0.15) is 21.7 Å². The fraction of sp³-hybridized carbons (Fsp3) is 0.136. The van der Waals surface area contributed by atoms with Crippen molar-refractivity contribution in [2.24, 2.45) is 0 Å². The van der Waals surface area contributed by atoms with E-state index in [1.54, 1.807) is 61.9 Å². The number of anilines is 1. The molecule has 2 aromatic carbocycles. The molecule has 3 rings (SSSR count). The second kappa shape index (κ2) is 10.2. The molecule has 0 saturated heterocycles. The second-order valence-electron chi connectivity index (χ2n) is 6.37. The fourth-order valence-corrected chi connectivity index (χ4v) is 2.91. The molecule has 1 aromatic heterocycles. The van der Waals surface area contributed by atoms with Crippen LogP contribution in [0.25, 0.3) is 0 Å². The summed E-state index contributed by atoms with van der Waals surface area (Å²) in [6.07, 6.45) is 1.73. The lowest BCUT2D eigenvalue weighted by Crippen LogP contribution is -2.35. The van der Waals surface area contributed by atoms with Crippen molar-refractivity contribution >= 4 is 34.8 Å². The molecule has 0 saturated carbocycles. The molecule has 0 bridgehead atoms. The number of amides is 2.